The van der Waals surface area contributed by atoms with Crippen LogP contribution in [0.2, 0.25) is 0 Å². The van der Waals surface area contributed by atoms with E-state index in [1.165, 1.54) is 51.4 Å². The highest BCUT2D eigenvalue weighted by Gasteiger charge is 2.06. The maximum atomic E-state index is 6.03. The molecule has 1 atom stereocenters. The SMILES string of the molecule is CCCCCCc1ccc(-c2ccc(OC(C)CCCCCC)cc2)nn1. The van der Waals surface area contributed by atoms with Crippen LogP contribution in [0.3, 0.4) is 0 Å². The first-order chi connectivity index (χ1) is 13.2. The van der Waals surface area contributed by atoms with Gasteiger partial charge in [0.2, 0.25) is 0 Å². The first-order valence-electron chi connectivity index (χ1n) is 10.8. The van der Waals surface area contributed by atoms with Crippen LogP contribution in [0, 0.1) is 0 Å². The van der Waals surface area contributed by atoms with Crippen molar-refractivity contribution in [2.45, 2.75) is 91.1 Å². The largest absolute Gasteiger partial charge is 0.491 e. The Morgan fingerprint density at radius 2 is 1.48 bits per heavy atom. The number of benzene rings is 1. The van der Waals surface area contributed by atoms with Crippen LogP contribution in [0.4, 0.5) is 0 Å². The van der Waals surface area contributed by atoms with Gasteiger partial charge in [0.05, 0.1) is 17.5 Å². The smallest absolute Gasteiger partial charge is 0.119 e. The molecular weight excluding hydrogens is 332 g/mol. The molecule has 0 radical (unpaired) electrons. The Morgan fingerprint density at radius 1 is 0.778 bits per heavy atom. The molecule has 0 fully saturated rings. The van der Waals surface area contributed by atoms with Gasteiger partial charge in [0.1, 0.15) is 5.75 Å². The van der Waals surface area contributed by atoms with E-state index in [9.17, 15) is 0 Å². The van der Waals surface area contributed by atoms with Crippen molar-refractivity contribution in [3.63, 3.8) is 0 Å². The molecular formula is C24H36N2O. The van der Waals surface area contributed by atoms with E-state index in [1.54, 1.807) is 0 Å². The van der Waals surface area contributed by atoms with E-state index in [2.05, 4.69) is 55.2 Å². The van der Waals surface area contributed by atoms with Crippen molar-refractivity contribution in [1.82, 2.24) is 10.2 Å². The average molecular weight is 369 g/mol. The number of unbranched alkanes of at least 4 members (excludes halogenated alkanes) is 6. The molecule has 0 amide bonds. The van der Waals surface area contributed by atoms with E-state index in [0.717, 1.165) is 35.5 Å². The van der Waals surface area contributed by atoms with Crippen molar-refractivity contribution < 1.29 is 4.74 Å². The number of aromatic nitrogens is 2. The molecule has 1 aromatic heterocycles. The Bertz CT molecular complexity index is 622. The lowest BCUT2D eigenvalue weighted by Crippen LogP contribution is -2.11. The predicted octanol–water partition coefficient (Wildman–Crippen LogP) is 7.00. The molecule has 0 spiro atoms. The van der Waals surface area contributed by atoms with E-state index in [1.807, 2.05) is 12.1 Å². The quantitative estimate of drug-likeness (QED) is 0.357. The van der Waals surface area contributed by atoms with Crippen molar-refractivity contribution in [2.75, 3.05) is 0 Å². The number of hydrogen-bond donors (Lipinski definition) is 0. The Morgan fingerprint density at radius 3 is 2.11 bits per heavy atom. The molecule has 0 aliphatic rings. The van der Waals surface area contributed by atoms with Crippen LogP contribution in [-0.2, 0) is 6.42 Å². The minimum Gasteiger partial charge on any atom is -0.491 e. The second kappa shape index (κ2) is 12.5. The maximum Gasteiger partial charge on any atom is 0.119 e. The molecule has 0 aliphatic carbocycles. The van der Waals surface area contributed by atoms with Crippen LogP contribution >= 0.6 is 0 Å². The summed E-state index contributed by atoms with van der Waals surface area (Å²) in [5, 5.41) is 8.80. The molecule has 2 rings (SSSR count). The van der Waals surface area contributed by atoms with Crippen molar-refractivity contribution >= 4 is 0 Å². The van der Waals surface area contributed by atoms with E-state index in [-0.39, 0.29) is 6.10 Å². The number of aryl methyl sites for hydroxylation is 1. The summed E-state index contributed by atoms with van der Waals surface area (Å²) in [4.78, 5) is 0. The van der Waals surface area contributed by atoms with Gasteiger partial charge in [0, 0.05) is 5.56 Å². The minimum atomic E-state index is 0.263. The summed E-state index contributed by atoms with van der Waals surface area (Å²) in [6.45, 7) is 6.64. The molecule has 2 aromatic rings. The van der Waals surface area contributed by atoms with Crippen molar-refractivity contribution in [2.24, 2.45) is 0 Å². The molecule has 1 aromatic carbocycles. The molecule has 0 saturated carbocycles. The van der Waals surface area contributed by atoms with Gasteiger partial charge in [0.15, 0.2) is 0 Å². The van der Waals surface area contributed by atoms with Crippen LogP contribution in [0.5, 0.6) is 5.75 Å². The number of rotatable bonds is 13. The van der Waals surface area contributed by atoms with Crippen LogP contribution in [0.15, 0.2) is 36.4 Å². The Kier molecular flexibility index (Phi) is 9.89. The summed E-state index contributed by atoms with van der Waals surface area (Å²) in [6.07, 6.45) is 12.6. The molecule has 0 aliphatic heterocycles. The monoisotopic (exact) mass is 368 g/mol. The predicted molar refractivity (Wildman–Crippen MR) is 114 cm³/mol. The summed E-state index contributed by atoms with van der Waals surface area (Å²) in [5.41, 5.74) is 3.10. The molecule has 1 heterocycles. The topological polar surface area (TPSA) is 35.0 Å². The van der Waals surface area contributed by atoms with Gasteiger partial charge in [0.25, 0.3) is 0 Å². The first-order valence-corrected chi connectivity index (χ1v) is 10.8. The zero-order valence-electron chi connectivity index (χ0n) is 17.4. The van der Waals surface area contributed by atoms with Gasteiger partial charge in [-0.1, -0.05) is 52.4 Å². The molecule has 148 valence electrons. The van der Waals surface area contributed by atoms with Crippen molar-refractivity contribution in [1.29, 1.82) is 0 Å². The molecule has 27 heavy (non-hydrogen) atoms. The van der Waals surface area contributed by atoms with Gasteiger partial charge in [-0.2, -0.15) is 10.2 Å². The Labute approximate surface area is 165 Å². The summed E-state index contributed by atoms with van der Waals surface area (Å²) >= 11 is 0. The molecule has 3 heteroatoms. The Hall–Kier alpha value is -1.90. The lowest BCUT2D eigenvalue weighted by molar-refractivity contribution is 0.206. The summed E-state index contributed by atoms with van der Waals surface area (Å²) in [7, 11) is 0. The number of ether oxygens (including phenoxy) is 1. The summed E-state index contributed by atoms with van der Waals surface area (Å²) < 4.78 is 6.03. The van der Waals surface area contributed by atoms with Gasteiger partial charge < -0.3 is 4.74 Å². The fourth-order valence-corrected chi connectivity index (χ4v) is 3.23. The van der Waals surface area contributed by atoms with Crippen molar-refractivity contribution in [3.8, 4) is 17.0 Å². The zero-order valence-corrected chi connectivity index (χ0v) is 17.4. The van der Waals surface area contributed by atoms with Gasteiger partial charge in [-0.05, 0) is 69.0 Å². The zero-order chi connectivity index (χ0) is 19.3. The van der Waals surface area contributed by atoms with Crippen LogP contribution in [0.25, 0.3) is 11.3 Å². The summed E-state index contributed by atoms with van der Waals surface area (Å²) in [5.74, 6) is 0.933. The second-order valence-corrected chi connectivity index (χ2v) is 7.52. The maximum absolute atomic E-state index is 6.03. The van der Waals surface area contributed by atoms with E-state index >= 15 is 0 Å². The van der Waals surface area contributed by atoms with E-state index in [4.69, 9.17) is 4.74 Å². The normalized spacial score (nSPS) is 12.1. The fraction of sp³-hybridized carbons (Fsp3) is 0.583. The highest BCUT2D eigenvalue weighted by molar-refractivity contribution is 5.59. The number of hydrogen-bond acceptors (Lipinski definition) is 3. The molecule has 3 nitrogen and oxygen atoms in total. The fourth-order valence-electron chi connectivity index (χ4n) is 3.23. The highest BCUT2D eigenvalue weighted by atomic mass is 16.5. The molecule has 0 saturated heterocycles. The van der Waals surface area contributed by atoms with Crippen LogP contribution < -0.4 is 4.74 Å². The van der Waals surface area contributed by atoms with Crippen molar-refractivity contribution in [3.05, 3.63) is 42.1 Å². The molecule has 0 bridgehead atoms. The number of nitrogens with zero attached hydrogens (tertiary/aromatic N) is 2. The van der Waals surface area contributed by atoms with Gasteiger partial charge in [-0.25, -0.2) is 0 Å². The molecule has 0 N–H and O–H groups in total. The minimum absolute atomic E-state index is 0.263. The third kappa shape index (κ3) is 8.11. The third-order valence-electron chi connectivity index (χ3n) is 4.96. The van der Waals surface area contributed by atoms with Gasteiger partial charge >= 0.3 is 0 Å². The molecule has 1 unspecified atom stereocenters. The van der Waals surface area contributed by atoms with Gasteiger partial charge in [-0.3, -0.25) is 0 Å². The summed E-state index contributed by atoms with van der Waals surface area (Å²) in [6, 6.07) is 12.4. The Balaban J connectivity index is 1.82. The second-order valence-electron chi connectivity index (χ2n) is 7.52. The van der Waals surface area contributed by atoms with E-state index < -0.39 is 0 Å². The lowest BCUT2D eigenvalue weighted by Gasteiger charge is -2.15. The average Bonchev–Trinajstić information content (AvgIpc) is 2.70. The van der Waals surface area contributed by atoms with Crippen LogP contribution in [0.1, 0.15) is 84.3 Å². The third-order valence-corrected chi connectivity index (χ3v) is 4.96. The highest BCUT2D eigenvalue weighted by Crippen LogP contribution is 2.22. The standard InChI is InChI=1S/C24H36N2O/c1-4-6-8-10-12-20(3)27-23-17-14-21(15-18-23)24-19-16-22(25-26-24)13-11-9-7-5-2/h14-20H,4-13H2,1-3H3. The lowest BCUT2D eigenvalue weighted by atomic mass is 10.1. The van der Waals surface area contributed by atoms with Crippen LogP contribution in [-0.4, -0.2) is 16.3 Å². The van der Waals surface area contributed by atoms with E-state index in [0.29, 0.717) is 0 Å². The first kappa shape index (κ1) is 21.4. The van der Waals surface area contributed by atoms with Gasteiger partial charge in [-0.15, -0.1) is 0 Å².